The highest BCUT2D eigenvalue weighted by molar-refractivity contribution is 5.17. The average molecular weight is 235 g/mol. The molecule has 2 rings (SSSR count). The number of nitrogens with one attached hydrogen (secondary N) is 1. The predicted molar refractivity (Wildman–Crippen MR) is 67.9 cm³/mol. The molecule has 0 aliphatic heterocycles. The second kappa shape index (κ2) is 5.98. The first-order valence-corrected chi connectivity index (χ1v) is 6.38. The summed E-state index contributed by atoms with van der Waals surface area (Å²) in [6, 6.07) is 4.36. The van der Waals surface area contributed by atoms with Crippen LogP contribution in [0.15, 0.2) is 18.3 Å². The Balaban J connectivity index is 1.63. The highest BCUT2D eigenvalue weighted by Gasteiger charge is 2.26. The van der Waals surface area contributed by atoms with Crippen LogP contribution in [-0.4, -0.2) is 40.7 Å². The smallest absolute Gasteiger partial charge is 0.133 e. The predicted octanol–water partition coefficient (Wildman–Crippen LogP) is 1.36. The largest absolute Gasteiger partial charge is 0.506 e. The highest BCUT2D eigenvalue weighted by atomic mass is 16.3. The minimum absolute atomic E-state index is 0.222. The molecule has 2 N–H and O–H groups in total. The standard InChI is InChI=1S/C13H21N3O/c1-2-16(12-4-5-12)8-7-14-9-11-3-6-13(17)10-15-11/h3,6,10,12,14,17H,2,4-5,7-9H2,1H3. The van der Waals surface area contributed by atoms with Gasteiger partial charge in [0.15, 0.2) is 0 Å². The molecule has 0 spiro atoms. The molecule has 1 fully saturated rings. The molecule has 1 saturated carbocycles. The number of rotatable bonds is 7. The third kappa shape index (κ3) is 3.98. The first-order chi connectivity index (χ1) is 8.29. The van der Waals surface area contributed by atoms with Crippen molar-refractivity contribution in [2.24, 2.45) is 0 Å². The van der Waals surface area contributed by atoms with Crippen molar-refractivity contribution < 1.29 is 5.11 Å². The van der Waals surface area contributed by atoms with E-state index in [1.54, 1.807) is 6.07 Å². The van der Waals surface area contributed by atoms with Crippen molar-refractivity contribution in [2.45, 2.75) is 32.4 Å². The minimum Gasteiger partial charge on any atom is -0.506 e. The fourth-order valence-electron chi connectivity index (χ4n) is 2.00. The molecule has 0 radical (unpaired) electrons. The first kappa shape index (κ1) is 12.3. The molecule has 4 nitrogen and oxygen atoms in total. The number of hydrogen-bond donors (Lipinski definition) is 2. The van der Waals surface area contributed by atoms with Crippen LogP contribution in [0.1, 0.15) is 25.5 Å². The van der Waals surface area contributed by atoms with Crippen molar-refractivity contribution in [1.29, 1.82) is 0 Å². The van der Waals surface area contributed by atoms with Crippen LogP contribution >= 0.6 is 0 Å². The molecule has 94 valence electrons. The molecule has 0 saturated heterocycles. The summed E-state index contributed by atoms with van der Waals surface area (Å²) in [5, 5.41) is 12.5. The van der Waals surface area contributed by atoms with E-state index in [1.807, 2.05) is 6.07 Å². The molecule has 4 heteroatoms. The van der Waals surface area contributed by atoms with Crippen molar-refractivity contribution >= 4 is 0 Å². The van der Waals surface area contributed by atoms with Gasteiger partial charge in [-0.1, -0.05) is 6.92 Å². The number of aromatic hydroxyl groups is 1. The second-order valence-electron chi connectivity index (χ2n) is 4.54. The Hall–Kier alpha value is -1.13. The molecule has 0 amide bonds. The molecule has 1 aliphatic rings. The molecule has 1 aromatic heterocycles. The molecule has 1 aromatic rings. The number of likely N-dealkylation sites (N-methyl/N-ethyl adjacent to an activating group) is 1. The van der Waals surface area contributed by atoms with Crippen LogP contribution in [0.5, 0.6) is 5.75 Å². The Morgan fingerprint density at radius 1 is 1.47 bits per heavy atom. The van der Waals surface area contributed by atoms with Gasteiger partial charge in [0.1, 0.15) is 5.75 Å². The van der Waals surface area contributed by atoms with Gasteiger partial charge in [0.2, 0.25) is 0 Å². The molecule has 17 heavy (non-hydrogen) atoms. The van der Waals surface area contributed by atoms with E-state index in [4.69, 9.17) is 5.11 Å². The van der Waals surface area contributed by atoms with Gasteiger partial charge in [0, 0.05) is 25.7 Å². The summed E-state index contributed by atoms with van der Waals surface area (Å²) in [5.74, 6) is 0.222. The van der Waals surface area contributed by atoms with Gasteiger partial charge in [-0.3, -0.25) is 9.88 Å². The van der Waals surface area contributed by atoms with Crippen LogP contribution in [-0.2, 0) is 6.54 Å². The maximum absolute atomic E-state index is 9.11. The van der Waals surface area contributed by atoms with Crippen LogP contribution in [0.2, 0.25) is 0 Å². The SMILES string of the molecule is CCN(CCNCc1ccc(O)cn1)C1CC1. The molecule has 0 aromatic carbocycles. The van der Waals surface area contributed by atoms with E-state index < -0.39 is 0 Å². The van der Waals surface area contributed by atoms with E-state index in [9.17, 15) is 0 Å². The lowest BCUT2D eigenvalue weighted by atomic mass is 10.3. The Bertz CT molecular complexity index is 335. The van der Waals surface area contributed by atoms with Crippen LogP contribution < -0.4 is 5.32 Å². The molecular weight excluding hydrogens is 214 g/mol. The summed E-state index contributed by atoms with van der Waals surface area (Å²) in [7, 11) is 0. The summed E-state index contributed by atoms with van der Waals surface area (Å²) in [5.41, 5.74) is 0.970. The maximum atomic E-state index is 9.11. The van der Waals surface area contributed by atoms with Gasteiger partial charge in [-0.15, -0.1) is 0 Å². The molecule has 0 unspecified atom stereocenters. The Morgan fingerprint density at radius 3 is 2.88 bits per heavy atom. The van der Waals surface area contributed by atoms with Gasteiger partial charge in [-0.25, -0.2) is 0 Å². The van der Waals surface area contributed by atoms with Crippen LogP contribution in [0, 0.1) is 0 Å². The summed E-state index contributed by atoms with van der Waals surface area (Å²) in [4.78, 5) is 6.66. The lowest BCUT2D eigenvalue weighted by molar-refractivity contribution is 0.277. The van der Waals surface area contributed by atoms with Gasteiger partial charge < -0.3 is 10.4 Å². The van der Waals surface area contributed by atoms with Gasteiger partial charge in [0.05, 0.1) is 11.9 Å². The van der Waals surface area contributed by atoms with Crippen molar-refractivity contribution in [1.82, 2.24) is 15.2 Å². The summed E-state index contributed by atoms with van der Waals surface area (Å²) < 4.78 is 0. The Kier molecular flexibility index (Phi) is 4.34. The average Bonchev–Trinajstić information content (AvgIpc) is 3.16. The minimum atomic E-state index is 0.222. The number of pyridine rings is 1. The lowest BCUT2D eigenvalue weighted by Crippen LogP contribution is -2.33. The second-order valence-corrected chi connectivity index (χ2v) is 4.54. The van der Waals surface area contributed by atoms with Crippen molar-refractivity contribution in [3.05, 3.63) is 24.0 Å². The first-order valence-electron chi connectivity index (χ1n) is 6.38. The zero-order valence-electron chi connectivity index (χ0n) is 10.4. The fourth-order valence-corrected chi connectivity index (χ4v) is 2.00. The molecule has 1 aliphatic carbocycles. The van der Waals surface area contributed by atoms with Crippen LogP contribution in [0.25, 0.3) is 0 Å². The third-order valence-electron chi connectivity index (χ3n) is 3.16. The third-order valence-corrected chi connectivity index (χ3v) is 3.16. The zero-order valence-corrected chi connectivity index (χ0v) is 10.4. The summed E-state index contributed by atoms with van der Waals surface area (Å²) >= 11 is 0. The molecule has 1 heterocycles. The van der Waals surface area contributed by atoms with Gasteiger partial charge >= 0.3 is 0 Å². The van der Waals surface area contributed by atoms with Crippen molar-refractivity contribution in [3.63, 3.8) is 0 Å². The Labute approximate surface area is 103 Å². The van der Waals surface area contributed by atoms with Gasteiger partial charge in [-0.05, 0) is 31.5 Å². The fraction of sp³-hybridized carbons (Fsp3) is 0.615. The maximum Gasteiger partial charge on any atom is 0.133 e. The van der Waals surface area contributed by atoms with E-state index in [-0.39, 0.29) is 5.75 Å². The van der Waals surface area contributed by atoms with E-state index in [0.29, 0.717) is 0 Å². The quantitative estimate of drug-likeness (QED) is 0.701. The Morgan fingerprint density at radius 2 is 2.29 bits per heavy atom. The van der Waals surface area contributed by atoms with E-state index in [1.165, 1.54) is 19.0 Å². The van der Waals surface area contributed by atoms with Crippen LogP contribution in [0.3, 0.4) is 0 Å². The number of hydrogen-bond acceptors (Lipinski definition) is 4. The van der Waals surface area contributed by atoms with E-state index in [0.717, 1.165) is 37.9 Å². The topological polar surface area (TPSA) is 48.4 Å². The van der Waals surface area contributed by atoms with E-state index >= 15 is 0 Å². The normalized spacial score (nSPS) is 15.4. The summed E-state index contributed by atoms with van der Waals surface area (Å²) in [6.45, 7) is 6.23. The van der Waals surface area contributed by atoms with Gasteiger partial charge in [-0.2, -0.15) is 0 Å². The number of nitrogens with zero attached hydrogens (tertiary/aromatic N) is 2. The van der Waals surface area contributed by atoms with Crippen molar-refractivity contribution in [3.8, 4) is 5.75 Å². The lowest BCUT2D eigenvalue weighted by Gasteiger charge is -2.19. The van der Waals surface area contributed by atoms with Crippen LogP contribution in [0.4, 0.5) is 0 Å². The molecular formula is C13H21N3O. The monoisotopic (exact) mass is 235 g/mol. The number of aromatic nitrogens is 1. The zero-order chi connectivity index (χ0) is 12.1. The van der Waals surface area contributed by atoms with Gasteiger partial charge in [0.25, 0.3) is 0 Å². The van der Waals surface area contributed by atoms with E-state index in [2.05, 4.69) is 22.1 Å². The summed E-state index contributed by atoms with van der Waals surface area (Å²) in [6.07, 6.45) is 4.22. The molecule has 0 bridgehead atoms. The molecule has 0 atom stereocenters. The highest BCUT2D eigenvalue weighted by Crippen LogP contribution is 2.25. The van der Waals surface area contributed by atoms with Crippen molar-refractivity contribution in [2.75, 3.05) is 19.6 Å².